The van der Waals surface area contributed by atoms with E-state index in [-0.39, 0.29) is 0 Å². The molecule has 0 saturated heterocycles. The predicted molar refractivity (Wildman–Crippen MR) is 69.2 cm³/mol. The molecule has 17 heavy (non-hydrogen) atoms. The van der Waals surface area contributed by atoms with Crippen LogP contribution in [0.25, 0.3) is 0 Å². The third kappa shape index (κ3) is 3.38. The van der Waals surface area contributed by atoms with Crippen molar-refractivity contribution in [3.05, 3.63) is 45.5 Å². The molecular formula is C11H8BrClFN3. The van der Waals surface area contributed by atoms with E-state index >= 15 is 0 Å². The van der Waals surface area contributed by atoms with Gasteiger partial charge >= 0.3 is 0 Å². The van der Waals surface area contributed by atoms with Crippen molar-refractivity contribution in [1.82, 2.24) is 9.97 Å². The van der Waals surface area contributed by atoms with Crippen LogP contribution in [0.5, 0.6) is 0 Å². The van der Waals surface area contributed by atoms with Crippen LogP contribution in [0.4, 0.5) is 15.9 Å². The summed E-state index contributed by atoms with van der Waals surface area (Å²) in [5.74, 6) is 0.792. The van der Waals surface area contributed by atoms with E-state index in [9.17, 15) is 4.39 Å². The van der Waals surface area contributed by atoms with E-state index < -0.39 is 5.82 Å². The average molecular weight is 317 g/mol. The van der Waals surface area contributed by atoms with E-state index in [0.717, 1.165) is 0 Å². The Hall–Kier alpha value is -1.20. The molecule has 0 atom stereocenters. The Morgan fingerprint density at radius 2 is 2.00 bits per heavy atom. The molecular weight excluding hydrogens is 308 g/mol. The van der Waals surface area contributed by atoms with E-state index in [1.165, 1.54) is 12.1 Å². The number of rotatable bonds is 2. The van der Waals surface area contributed by atoms with Crippen molar-refractivity contribution in [3.8, 4) is 0 Å². The molecule has 3 nitrogen and oxygen atoms in total. The minimum absolute atomic E-state index is 0.331. The molecule has 2 aromatic rings. The standard InChI is InChI=1S/C11H8BrClFN3/c1-6-15-10(12)5-11(16-6)17-9-3-7(13)2-8(14)4-9/h2-5H,1H3,(H,15,16,17). The van der Waals surface area contributed by atoms with Gasteiger partial charge in [-0.15, -0.1) is 0 Å². The number of hydrogen-bond donors (Lipinski definition) is 1. The molecule has 0 aliphatic rings. The third-order valence-corrected chi connectivity index (χ3v) is 2.57. The monoisotopic (exact) mass is 315 g/mol. The van der Waals surface area contributed by atoms with Gasteiger partial charge in [-0.2, -0.15) is 0 Å². The van der Waals surface area contributed by atoms with Gasteiger partial charge in [0.15, 0.2) is 0 Å². The highest BCUT2D eigenvalue weighted by atomic mass is 79.9. The van der Waals surface area contributed by atoms with Gasteiger partial charge in [-0.3, -0.25) is 0 Å². The fourth-order valence-corrected chi connectivity index (χ4v) is 2.06. The van der Waals surface area contributed by atoms with Crippen LogP contribution in [-0.2, 0) is 0 Å². The van der Waals surface area contributed by atoms with Gasteiger partial charge in [-0.1, -0.05) is 11.6 Å². The number of benzene rings is 1. The zero-order valence-electron chi connectivity index (χ0n) is 8.84. The SMILES string of the molecule is Cc1nc(Br)cc(Nc2cc(F)cc(Cl)c2)n1. The first kappa shape index (κ1) is 12.3. The van der Waals surface area contributed by atoms with Crippen molar-refractivity contribution in [1.29, 1.82) is 0 Å². The molecule has 2 rings (SSSR count). The van der Waals surface area contributed by atoms with Crippen molar-refractivity contribution in [3.63, 3.8) is 0 Å². The number of nitrogens with zero attached hydrogens (tertiary/aromatic N) is 2. The molecule has 0 radical (unpaired) electrons. The number of aryl methyl sites for hydroxylation is 1. The molecule has 1 aromatic heterocycles. The molecule has 0 fully saturated rings. The minimum atomic E-state index is -0.398. The largest absolute Gasteiger partial charge is 0.340 e. The maximum Gasteiger partial charge on any atom is 0.135 e. The Morgan fingerprint density at radius 3 is 2.65 bits per heavy atom. The Morgan fingerprint density at radius 1 is 1.24 bits per heavy atom. The van der Waals surface area contributed by atoms with E-state index in [4.69, 9.17) is 11.6 Å². The first-order valence-electron chi connectivity index (χ1n) is 4.77. The van der Waals surface area contributed by atoms with Crippen molar-refractivity contribution in [2.75, 3.05) is 5.32 Å². The van der Waals surface area contributed by atoms with E-state index in [2.05, 4.69) is 31.2 Å². The summed E-state index contributed by atoms with van der Waals surface area (Å²) in [5, 5.41) is 3.29. The van der Waals surface area contributed by atoms with Gasteiger partial charge in [-0.25, -0.2) is 14.4 Å². The summed E-state index contributed by atoms with van der Waals surface area (Å²) in [6.07, 6.45) is 0. The Bertz CT molecular complexity index is 472. The van der Waals surface area contributed by atoms with E-state index in [1.54, 1.807) is 19.1 Å². The Kier molecular flexibility index (Phi) is 3.59. The number of nitrogens with one attached hydrogen (secondary N) is 1. The minimum Gasteiger partial charge on any atom is -0.340 e. The Labute approximate surface area is 111 Å². The third-order valence-electron chi connectivity index (χ3n) is 1.94. The normalized spacial score (nSPS) is 10.4. The summed E-state index contributed by atoms with van der Waals surface area (Å²) in [7, 11) is 0. The van der Waals surface area contributed by atoms with Gasteiger partial charge < -0.3 is 5.32 Å². The molecule has 0 aliphatic heterocycles. The van der Waals surface area contributed by atoms with Crippen LogP contribution in [0.2, 0.25) is 5.02 Å². The first-order valence-corrected chi connectivity index (χ1v) is 5.94. The topological polar surface area (TPSA) is 37.8 Å². The molecule has 88 valence electrons. The van der Waals surface area contributed by atoms with Gasteiger partial charge in [0.2, 0.25) is 0 Å². The zero-order valence-corrected chi connectivity index (χ0v) is 11.2. The summed E-state index contributed by atoms with van der Waals surface area (Å²) in [4.78, 5) is 8.25. The molecule has 0 amide bonds. The van der Waals surface area contributed by atoms with E-state index in [0.29, 0.717) is 27.0 Å². The van der Waals surface area contributed by atoms with E-state index in [1.807, 2.05) is 0 Å². The van der Waals surface area contributed by atoms with Gasteiger partial charge in [0.05, 0.1) is 0 Å². The lowest BCUT2D eigenvalue weighted by Gasteiger charge is -2.07. The molecule has 0 bridgehead atoms. The van der Waals surface area contributed by atoms with Gasteiger partial charge in [-0.05, 0) is 41.1 Å². The molecule has 0 saturated carbocycles. The average Bonchev–Trinajstić information content (AvgIpc) is 2.13. The second kappa shape index (κ2) is 4.98. The molecule has 6 heteroatoms. The second-order valence-corrected chi connectivity index (χ2v) is 4.66. The van der Waals surface area contributed by atoms with Crippen molar-refractivity contribution < 1.29 is 4.39 Å². The lowest BCUT2D eigenvalue weighted by Crippen LogP contribution is -1.97. The van der Waals surface area contributed by atoms with Crippen molar-refractivity contribution in [2.24, 2.45) is 0 Å². The summed E-state index contributed by atoms with van der Waals surface area (Å²) in [6, 6.07) is 5.91. The smallest absolute Gasteiger partial charge is 0.135 e. The number of halogens is 3. The fraction of sp³-hybridized carbons (Fsp3) is 0.0909. The predicted octanol–water partition coefficient (Wildman–Crippen LogP) is 4.08. The van der Waals surface area contributed by atoms with Crippen molar-refractivity contribution in [2.45, 2.75) is 6.92 Å². The first-order chi connectivity index (χ1) is 8.02. The summed E-state index contributed by atoms with van der Waals surface area (Å²) in [6.45, 7) is 1.77. The molecule has 1 N–H and O–H groups in total. The number of hydrogen-bond acceptors (Lipinski definition) is 3. The lowest BCUT2D eigenvalue weighted by atomic mass is 10.3. The molecule has 0 unspecified atom stereocenters. The van der Waals surface area contributed by atoms with Crippen LogP contribution in [-0.4, -0.2) is 9.97 Å². The summed E-state index contributed by atoms with van der Waals surface area (Å²) in [5.41, 5.74) is 0.542. The molecule has 0 aliphatic carbocycles. The molecule has 1 heterocycles. The number of anilines is 2. The Balaban J connectivity index is 2.31. The van der Waals surface area contributed by atoms with Gasteiger partial charge in [0, 0.05) is 16.8 Å². The second-order valence-electron chi connectivity index (χ2n) is 3.41. The van der Waals surface area contributed by atoms with Gasteiger partial charge in [0.1, 0.15) is 22.1 Å². The fourth-order valence-electron chi connectivity index (χ4n) is 1.37. The van der Waals surface area contributed by atoms with Crippen molar-refractivity contribution >= 4 is 39.0 Å². The van der Waals surface area contributed by atoms with Crippen LogP contribution < -0.4 is 5.32 Å². The maximum absolute atomic E-state index is 13.1. The molecule has 1 aromatic carbocycles. The number of aromatic nitrogens is 2. The maximum atomic E-state index is 13.1. The lowest BCUT2D eigenvalue weighted by molar-refractivity contribution is 0.628. The van der Waals surface area contributed by atoms with Crippen LogP contribution >= 0.6 is 27.5 Å². The van der Waals surface area contributed by atoms with Crippen LogP contribution in [0.15, 0.2) is 28.9 Å². The van der Waals surface area contributed by atoms with Gasteiger partial charge in [0.25, 0.3) is 0 Å². The highest BCUT2D eigenvalue weighted by Gasteiger charge is 2.03. The highest BCUT2D eigenvalue weighted by Crippen LogP contribution is 2.22. The van der Waals surface area contributed by atoms with Crippen LogP contribution in [0, 0.1) is 12.7 Å². The zero-order chi connectivity index (χ0) is 12.4. The summed E-state index contributed by atoms with van der Waals surface area (Å²) < 4.78 is 13.8. The van der Waals surface area contributed by atoms with Crippen LogP contribution in [0.1, 0.15) is 5.82 Å². The molecule has 0 spiro atoms. The summed E-state index contributed by atoms with van der Waals surface area (Å²) >= 11 is 9.02. The quantitative estimate of drug-likeness (QED) is 0.848. The van der Waals surface area contributed by atoms with Crippen LogP contribution in [0.3, 0.4) is 0 Å². The highest BCUT2D eigenvalue weighted by molar-refractivity contribution is 9.10.